The molecule has 0 atom stereocenters. The van der Waals surface area contributed by atoms with Crippen LogP contribution in [0.25, 0.3) is 33.1 Å². The molecule has 5 nitrogen and oxygen atoms in total. The van der Waals surface area contributed by atoms with Gasteiger partial charge in [-0.05, 0) is 24.3 Å². The zero-order valence-electron chi connectivity index (χ0n) is 14.9. The predicted molar refractivity (Wildman–Crippen MR) is 113 cm³/mol. The molecule has 5 rings (SSSR count). The maximum atomic E-state index is 6.02. The first-order valence-electron chi connectivity index (χ1n) is 8.97. The molecule has 0 bridgehead atoms. The molecule has 28 heavy (non-hydrogen) atoms. The SMILES string of the molecule is Clc1ccc(-c2nnc(NCc3nc4ccccc4[nH]3)c3ccccc23)cc1. The van der Waals surface area contributed by atoms with Crippen LogP contribution in [0.5, 0.6) is 0 Å². The highest BCUT2D eigenvalue weighted by molar-refractivity contribution is 6.30. The van der Waals surface area contributed by atoms with E-state index in [2.05, 4.69) is 31.5 Å². The molecule has 3 aromatic carbocycles. The summed E-state index contributed by atoms with van der Waals surface area (Å²) in [5.41, 5.74) is 3.79. The summed E-state index contributed by atoms with van der Waals surface area (Å²) in [4.78, 5) is 7.92. The van der Waals surface area contributed by atoms with Gasteiger partial charge in [0.05, 0.1) is 17.6 Å². The minimum absolute atomic E-state index is 0.535. The smallest absolute Gasteiger partial charge is 0.156 e. The molecule has 0 aliphatic carbocycles. The molecule has 0 spiro atoms. The van der Waals surface area contributed by atoms with Gasteiger partial charge in [0.25, 0.3) is 0 Å². The number of H-pyrrole nitrogens is 1. The van der Waals surface area contributed by atoms with Crippen LogP contribution in [0.1, 0.15) is 5.82 Å². The minimum atomic E-state index is 0.535. The molecule has 2 N–H and O–H groups in total. The Hall–Kier alpha value is -3.44. The van der Waals surface area contributed by atoms with Gasteiger partial charge in [-0.2, -0.15) is 0 Å². The largest absolute Gasteiger partial charge is 0.361 e. The fraction of sp³-hybridized carbons (Fsp3) is 0.0455. The van der Waals surface area contributed by atoms with Crippen molar-refractivity contribution in [3.05, 3.63) is 83.6 Å². The van der Waals surface area contributed by atoms with Crippen molar-refractivity contribution in [1.29, 1.82) is 0 Å². The number of anilines is 1. The molecule has 0 aliphatic rings. The molecular formula is C22H16ClN5. The van der Waals surface area contributed by atoms with E-state index >= 15 is 0 Å². The van der Waals surface area contributed by atoms with Gasteiger partial charge >= 0.3 is 0 Å². The van der Waals surface area contributed by atoms with E-state index in [1.54, 1.807) is 0 Å². The van der Waals surface area contributed by atoms with Crippen molar-refractivity contribution in [3.8, 4) is 11.3 Å². The quantitative estimate of drug-likeness (QED) is 0.432. The zero-order valence-corrected chi connectivity index (χ0v) is 15.6. The first-order valence-corrected chi connectivity index (χ1v) is 9.34. The Bertz CT molecular complexity index is 1240. The third-order valence-electron chi connectivity index (χ3n) is 4.67. The van der Waals surface area contributed by atoms with Crippen molar-refractivity contribution in [2.24, 2.45) is 0 Å². The fourth-order valence-electron chi connectivity index (χ4n) is 3.31. The van der Waals surface area contributed by atoms with Crippen LogP contribution in [0.15, 0.2) is 72.8 Å². The average Bonchev–Trinajstić information content (AvgIpc) is 3.16. The number of benzene rings is 3. The molecular weight excluding hydrogens is 370 g/mol. The Morgan fingerprint density at radius 2 is 1.57 bits per heavy atom. The van der Waals surface area contributed by atoms with Crippen molar-refractivity contribution in [3.63, 3.8) is 0 Å². The Morgan fingerprint density at radius 3 is 2.39 bits per heavy atom. The van der Waals surface area contributed by atoms with Crippen LogP contribution < -0.4 is 5.32 Å². The number of imidazole rings is 1. The molecule has 0 fully saturated rings. The van der Waals surface area contributed by atoms with Gasteiger partial charge in [-0.15, -0.1) is 10.2 Å². The lowest BCUT2D eigenvalue weighted by atomic mass is 10.0. The summed E-state index contributed by atoms with van der Waals surface area (Å²) >= 11 is 6.02. The van der Waals surface area contributed by atoms with Gasteiger partial charge in [0.1, 0.15) is 11.5 Å². The van der Waals surface area contributed by atoms with Gasteiger partial charge < -0.3 is 10.3 Å². The summed E-state index contributed by atoms with van der Waals surface area (Å²) in [6.45, 7) is 0.535. The van der Waals surface area contributed by atoms with Crippen LogP contribution in [0.4, 0.5) is 5.82 Å². The third-order valence-corrected chi connectivity index (χ3v) is 4.92. The molecule has 5 aromatic rings. The lowest BCUT2D eigenvalue weighted by molar-refractivity contribution is 0.973. The number of aromatic nitrogens is 4. The average molecular weight is 386 g/mol. The molecule has 2 aromatic heterocycles. The van der Waals surface area contributed by atoms with Crippen LogP contribution in [0.2, 0.25) is 5.02 Å². The molecule has 0 amide bonds. The third kappa shape index (κ3) is 3.06. The van der Waals surface area contributed by atoms with Crippen LogP contribution in [-0.2, 0) is 6.54 Å². The van der Waals surface area contributed by atoms with E-state index in [4.69, 9.17) is 11.6 Å². The first kappa shape index (κ1) is 16.7. The van der Waals surface area contributed by atoms with Crippen molar-refractivity contribution in [2.75, 3.05) is 5.32 Å². The van der Waals surface area contributed by atoms with Crippen molar-refractivity contribution >= 4 is 39.2 Å². The number of nitrogens with zero attached hydrogens (tertiary/aromatic N) is 3. The monoisotopic (exact) mass is 385 g/mol. The lowest BCUT2D eigenvalue weighted by Gasteiger charge is -2.10. The van der Waals surface area contributed by atoms with E-state index in [-0.39, 0.29) is 0 Å². The summed E-state index contributed by atoms with van der Waals surface area (Å²) < 4.78 is 0. The number of halogens is 1. The highest BCUT2D eigenvalue weighted by Gasteiger charge is 2.11. The highest BCUT2D eigenvalue weighted by atomic mass is 35.5. The summed E-state index contributed by atoms with van der Waals surface area (Å²) in [5, 5.41) is 15.0. The van der Waals surface area contributed by atoms with Gasteiger partial charge in [-0.3, -0.25) is 0 Å². The molecule has 0 saturated heterocycles. The summed E-state index contributed by atoms with van der Waals surface area (Å²) in [6.07, 6.45) is 0. The number of fused-ring (bicyclic) bond motifs is 2. The molecule has 6 heteroatoms. The Morgan fingerprint density at radius 1 is 0.821 bits per heavy atom. The van der Waals surface area contributed by atoms with Crippen LogP contribution in [0, 0.1) is 0 Å². The Balaban J connectivity index is 1.50. The van der Waals surface area contributed by atoms with E-state index in [0.29, 0.717) is 11.6 Å². The van der Waals surface area contributed by atoms with Crippen molar-refractivity contribution in [2.45, 2.75) is 6.54 Å². The second-order valence-corrected chi connectivity index (χ2v) is 6.94. The number of aromatic amines is 1. The molecule has 2 heterocycles. The van der Waals surface area contributed by atoms with Crippen molar-refractivity contribution < 1.29 is 0 Å². The number of rotatable bonds is 4. The summed E-state index contributed by atoms with van der Waals surface area (Å²) in [5.74, 6) is 1.59. The lowest BCUT2D eigenvalue weighted by Crippen LogP contribution is -2.05. The van der Waals surface area contributed by atoms with Gasteiger partial charge in [-0.25, -0.2) is 4.98 Å². The fourth-order valence-corrected chi connectivity index (χ4v) is 3.44. The normalized spacial score (nSPS) is 11.2. The summed E-state index contributed by atoms with van der Waals surface area (Å²) in [7, 11) is 0. The molecule has 0 saturated carbocycles. The van der Waals surface area contributed by atoms with E-state index < -0.39 is 0 Å². The first-order chi connectivity index (χ1) is 13.8. The predicted octanol–water partition coefficient (Wildman–Crippen LogP) is 5.44. The molecule has 0 unspecified atom stereocenters. The maximum Gasteiger partial charge on any atom is 0.156 e. The number of para-hydroxylation sites is 2. The second-order valence-electron chi connectivity index (χ2n) is 6.50. The second kappa shape index (κ2) is 6.94. The van der Waals surface area contributed by atoms with Gasteiger partial charge in [0.2, 0.25) is 0 Å². The topological polar surface area (TPSA) is 66.5 Å². The van der Waals surface area contributed by atoms with E-state index in [9.17, 15) is 0 Å². The van der Waals surface area contributed by atoms with Crippen LogP contribution in [-0.4, -0.2) is 20.2 Å². The number of hydrogen-bond acceptors (Lipinski definition) is 4. The molecule has 136 valence electrons. The minimum Gasteiger partial charge on any atom is -0.361 e. The van der Waals surface area contributed by atoms with E-state index in [0.717, 1.165) is 44.7 Å². The van der Waals surface area contributed by atoms with Crippen LogP contribution in [0.3, 0.4) is 0 Å². The number of nitrogens with one attached hydrogen (secondary N) is 2. The Labute approximate surface area is 166 Å². The van der Waals surface area contributed by atoms with Gasteiger partial charge in [0, 0.05) is 21.4 Å². The van der Waals surface area contributed by atoms with E-state index in [1.165, 1.54) is 0 Å². The maximum absolute atomic E-state index is 6.02. The highest BCUT2D eigenvalue weighted by Crippen LogP contribution is 2.30. The van der Waals surface area contributed by atoms with Crippen molar-refractivity contribution in [1.82, 2.24) is 20.2 Å². The van der Waals surface area contributed by atoms with Crippen LogP contribution >= 0.6 is 11.6 Å². The summed E-state index contributed by atoms with van der Waals surface area (Å²) in [6, 6.07) is 23.7. The van der Waals surface area contributed by atoms with Gasteiger partial charge in [-0.1, -0.05) is 60.1 Å². The Kier molecular flexibility index (Phi) is 4.14. The van der Waals surface area contributed by atoms with Gasteiger partial charge in [0.15, 0.2) is 5.82 Å². The zero-order chi connectivity index (χ0) is 18.9. The molecule has 0 aliphatic heterocycles. The standard InChI is InChI=1S/C22H16ClN5/c23-15-11-9-14(10-12-15)21-16-5-1-2-6-17(16)22(28-27-21)24-13-20-25-18-7-3-4-8-19(18)26-20/h1-12H,13H2,(H,24,28)(H,25,26). The molecule has 0 radical (unpaired) electrons. The van der Waals surface area contributed by atoms with E-state index in [1.807, 2.05) is 66.7 Å². The number of hydrogen-bond donors (Lipinski definition) is 2.